The number of likely N-dealkylation sites (tertiary alicyclic amines) is 1. The van der Waals surface area contributed by atoms with Gasteiger partial charge in [0.05, 0.1) is 6.54 Å². The SMILES string of the molecule is C[C@@H](CN=C(N)N1CCC(n2ccnc2C(=O)C2C=CC=CC2=O)CC1)N(Cc1ccccc1)Cc1ccccc1. The largest absolute Gasteiger partial charge is 0.370 e. The number of piperidine rings is 1. The van der Waals surface area contributed by atoms with E-state index < -0.39 is 5.92 Å². The number of imidazole rings is 1. The van der Waals surface area contributed by atoms with E-state index in [1.807, 2.05) is 22.9 Å². The van der Waals surface area contributed by atoms with E-state index in [0.29, 0.717) is 18.3 Å². The summed E-state index contributed by atoms with van der Waals surface area (Å²) in [5, 5.41) is 0. The van der Waals surface area contributed by atoms with Gasteiger partial charge in [-0.05, 0) is 37.0 Å². The summed E-state index contributed by atoms with van der Waals surface area (Å²) in [5.74, 6) is -0.357. The molecule has 8 nitrogen and oxygen atoms in total. The van der Waals surface area contributed by atoms with Crippen LogP contribution in [-0.4, -0.2) is 62.6 Å². The zero-order valence-corrected chi connectivity index (χ0v) is 23.5. The highest BCUT2D eigenvalue weighted by Gasteiger charge is 2.31. The molecule has 2 aromatic carbocycles. The third-order valence-electron chi connectivity index (χ3n) is 7.93. The Kier molecular flexibility index (Phi) is 9.21. The van der Waals surface area contributed by atoms with Gasteiger partial charge in [-0.3, -0.25) is 19.5 Å². The van der Waals surface area contributed by atoms with Gasteiger partial charge in [0.15, 0.2) is 17.6 Å². The Morgan fingerprint density at radius 2 is 1.66 bits per heavy atom. The van der Waals surface area contributed by atoms with Crippen molar-refractivity contribution in [3.05, 3.63) is 114 Å². The normalized spacial score (nSPS) is 18.7. The van der Waals surface area contributed by atoms with Crippen LogP contribution >= 0.6 is 0 Å². The molecular formula is C33H38N6O2. The number of carbonyl (C=O) groups excluding carboxylic acids is 2. The Morgan fingerprint density at radius 3 is 2.27 bits per heavy atom. The molecule has 0 spiro atoms. The summed E-state index contributed by atoms with van der Waals surface area (Å²) in [6, 6.07) is 21.3. The molecule has 5 rings (SSSR count). The van der Waals surface area contributed by atoms with Crippen LogP contribution in [0.1, 0.15) is 47.6 Å². The maximum atomic E-state index is 13.1. The number of aromatic nitrogens is 2. The topological polar surface area (TPSA) is 96.8 Å². The van der Waals surface area contributed by atoms with E-state index in [1.165, 1.54) is 17.2 Å². The fourth-order valence-corrected chi connectivity index (χ4v) is 5.50. The van der Waals surface area contributed by atoms with Gasteiger partial charge in [0.25, 0.3) is 0 Å². The summed E-state index contributed by atoms with van der Waals surface area (Å²) in [6.45, 7) is 5.95. The summed E-state index contributed by atoms with van der Waals surface area (Å²) in [4.78, 5) is 39.0. The van der Waals surface area contributed by atoms with Crippen LogP contribution in [0, 0.1) is 5.92 Å². The van der Waals surface area contributed by atoms with Gasteiger partial charge in [-0.1, -0.05) is 78.9 Å². The van der Waals surface area contributed by atoms with E-state index in [1.54, 1.807) is 24.4 Å². The third-order valence-corrected chi connectivity index (χ3v) is 7.93. The van der Waals surface area contributed by atoms with Crippen LogP contribution in [0.25, 0.3) is 0 Å². The number of rotatable bonds is 10. The molecular weight excluding hydrogens is 512 g/mol. The number of benzene rings is 2. The number of carbonyl (C=O) groups is 2. The first-order valence-corrected chi connectivity index (χ1v) is 14.3. The van der Waals surface area contributed by atoms with Gasteiger partial charge in [-0.2, -0.15) is 0 Å². The van der Waals surface area contributed by atoms with Crippen LogP contribution in [-0.2, 0) is 17.9 Å². The summed E-state index contributed by atoms with van der Waals surface area (Å²) in [7, 11) is 0. The number of hydrogen-bond donors (Lipinski definition) is 1. The Balaban J connectivity index is 1.19. The summed E-state index contributed by atoms with van der Waals surface area (Å²) in [5.41, 5.74) is 9.03. The molecule has 1 saturated heterocycles. The second kappa shape index (κ2) is 13.4. The van der Waals surface area contributed by atoms with E-state index in [2.05, 4.69) is 70.2 Å². The fourth-order valence-electron chi connectivity index (χ4n) is 5.50. The van der Waals surface area contributed by atoms with Crippen molar-refractivity contribution in [1.29, 1.82) is 0 Å². The first-order valence-electron chi connectivity index (χ1n) is 14.3. The van der Waals surface area contributed by atoms with Crippen LogP contribution in [0.2, 0.25) is 0 Å². The summed E-state index contributed by atoms with van der Waals surface area (Å²) < 4.78 is 1.93. The minimum Gasteiger partial charge on any atom is -0.370 e. The van der Waals surface area contributed by atoms with Crippen molar-refractivity contribution in [3.63, 3.8) is 0 Å². The predicted octanol–water partition coefficient (Wildman–Crippen LogP) is 4.42. The van der Waals surface area contributed by atoms with Gasteiger partial charge >= 0.3 is 0 Å². The molecule has 3 aromatic rings. The molecule has 41 heavy (non-hydrogen) atoms. The first kappa shape index (κ1) is 28.2. The third kappa shape index (κ3) is 7.08. The molecule has 212 valence electrons. The second-order valence-electron chi connectivity index (χ2n) is 10.8. The lowest BCUT2D eigenvalue weighted by Crippen LogP contribution is -2.44. The number of nitrogens with zero attached hydrogens (tertiary/aromatic N) is 5. The molecule has 0 amide bonds. The molecule has 1 aromatic heterocycles. The van der Waals surface area contributed by atoms with E-state index in [-0.39, 0.29) is 23.7 Å². The molecule has 2 heterocycles. The maximum absolute atomic E-state index is 13.1. The number of aliphatic imine (C=N–C) groups is 1. The number of Topliss-reactive ketones (excluding diaryl/α,β-unsaturated/α-hetero) is 1. The lowest BCUT2D eigenvalue weighted by atomic mass is 9.94. The van der Waals surface area contributed by atoms with Crippen LogP contribution in [0.3, 0.4) is 0 Å². The number of allylic oxidation sites excluding steroid dienone is 4. The number of guanidine groups is 1. The average molecular weight is 551 g/mol. The molecule has 2 N–H and O–H groups in total. The van der Waals surface area contributed by atoms with Gasteiger partial charge in [0.1, 0.15) is 5.92 Å². The van der Waals surface area contributed by atoms with Gasteiger partial charge in [-0.25, -0.2) is 4.98 Å². The van der Waals surface area contributed by atoms with E-state index in [4.69, 9.17) is 10.7 Å². The quantitative estimate of drug-likeness (QED) is 0.174. The van der Waals surface area contributed by atoms with Crippen molar-refractivity contribution < 1.29 is 9.59 Å². The molecule has 8 heteroatoms. The van der Waals surface area contributed by atoms with Crippen LogP contribution in [0.5, 0.6) is 0 Å². The predicted molar refractivity (Wildman–Crippen MR) is 161 cm³/mol. The highest BCUT2D eigenvalue weighted by atomic mass is 16.2. The molecule has 0 radical (unpaired) electrons. The highest BCUT2D eigenvalue weighted by Crippen LogP contribution is 2.26. The van der Waals surface area contributed by atoms with Crippen LogP contribution in [0.15, 0.2) is 102 Å². The molecule has 1 fully saturated rings. The minimum absolute atomic E-state index is 0.116. The van der Waals surface area contributed by atoms with Gasteiger partial charge in [0.2, 0.25) is 5.78 Å². The van der Waals surface area contributed by atoms with Crippen molar-refractivity contribution in [2.24, 2.45) is 16.6 Å². The molecule has 0 saturated carbocycles. The zero-order chi connectivity index (χ0) is 28.6. The molecule has 1 aliphatic carbocycles. The van der Waals surface area contributed by atoms with Crippen molar-refractivity contribution in [3.8, 4) is 0 Å². The highest BCUT2D eigenvalue weighted by molar-refractivity contribution is 6.14. The Bertz CT molecular complexity index is 1360. The van der Waals surface area contributed by atoms with Crippen LogP contribution in [0.4, 0.5) is 0 Å². The second-order valence-corrected chi connectivity index (χ2v) is 10.8. The van der Waals surface area contributed by atoms with Crippen molar-refractivity contribution >= 4 is 17.5 Å². The number of ketones is 2. The van der Waals surface area contributed by atoms with E-state index in [9.17, 15) is 9.59 Å². The van der Waals surface area contributed by atoms with Crippen LogP contribution < -0.4 is 5.73 Å². The molecule has 2 atom stereocenters. The van der Waals surface area contributed by atoms with Crippen molar-refractivity contribution in [2.75, 3.05) is 19.6 Å². The first-order chi connectivity index (χ1) is 20.0. The van der Waals surface area contributed by atoms with E-state index in [0.717, 1.165) is 39.0 Å². The number of hydrogen-bond acceptors (Lipinski definition) is 5. The molecule has 2 aliphatic rings. The Morgan fingerprint density at radius 1 is 1.02 bits per heavy atom. The molecule has 0 bridgehead atoms. The molecule has 1 unspecified atom stereocenters. The zero-order valence-electron chi connectivity index (χ0n) is 23.5. The minimum atomic E-state index is -0.797. The summed E-state index contributed by atoms with van der Waals surface area (Å²) in [6.07, 6.45) is 11.6. The van der Waals surface area contributed by atoms with E-state index >= 15 is 0 Å². The van der Waals surface area contributed by atoms with Gasteiger partial charge in [-0.15, -0.1) is 0 Å². The Labute approximate surface area is 241 Å². The van der Waals surface area contributed by atoms with Gasteiger partial charge < -0.3 is 15.2 Å². The monoisotopic (exact) mass is 550 g/mol. The average Bonchev–Trinajstić information content (AvgIpc) is 3.51. The smallest absolute Gasteiger partial charge is 0.212 e. The maximum Gasteiger partial charge on any atom is 0.212 e. The molecule has 1 aliphatic heterocycles. The summed E-state index contributed by atoms with van der Waals surface area (Å²) >= 11 is 0. The number of nitrogens with two attached hydrogens (primary N) is 1. The Hall–Kier alpha value is -4.30. The van der Waals surface area contributed by atoms with Gasteiger partial charge in [0, 0.05) is 50.7 Å². The van der Waals surface area contributed by atoms with Crippen molar-refractivity contribution in [1.82, 2.24) is 19.4 Å². The van der Waals surface area contributed by atoms with Crippen molar-refractivity contribution in [2.45, 2.75) is 44.9 Å². The standard InChI is InChI=1S/C33H38N6O2/c1-25(38(23-26-10-4-2-5-11-26)24-27-12-6-3-7-13-27)22-36-33(34)37-19-16-28(17-20-37)39-21-18-35-32(39)31(41)29-14-8-9-15-30(29)40/h2-15,18,21,25,28-29H,16-17,19-20,22-24H2,1H3,(H2,34,36)/t25-,29?/m0/s1. The lowest BCUT2D eigenvalue weighted by molar-refractivity contribution is -0.115. The fraction of sp³-hybridized carbons (Fsp3) is 0.333. The lowest BCUT2D eigenvalue weighted by Gasteiger charge is -2.34.